The van der Waals surface area contributed by atoms with Crippen molar-refractivity contribution in [2.24, 2.45) is 34.6 Å². The Morgan fingerprint density at radius 2 is 0.535 bits per heavy atom. The maximum atomic E-state index is 11.9. The van der Waals surface area contributed by atoms with Gasteiger partial charge in [-0.05, 0) is 179 Å². The van der Waals surface area contributed by atoms with E-state index in [1.54, 1.807) is 121 Å². The maximum absolute atomic E-state index is 11.9. The summed E-state index contributed by atoms with van der Waals surface area (Å²) in [6, 6.07) is 49.7. The number of nitrogens with two attached hydrogens (primary N) is 6. The van der Waals surface area contributed by atoms with E-state index in [1.165, 1.54) is 18.2 Å². The molecule has 0 aliphatic heterocycles. The van der Waals surface area contributed by atoms with Gasteiger partial charge in [-0.15, -0.1) is 26.7 Å². The Morgan fingerprint density at radius 1 is 0.283 bits per heavy atom. The minimum atomic E-state index is -4.51. The molecule has 0 bridgehead atoms. The van der Waals surface area contributed by atoms with Gasteiger partial charge in [-0.25, -0.2) is 60.9 Å². The number of benzene rings is 12. The molecule has 42 heteroatoms. The minimum absolute atomic E-state index is 0.161. The normalized spacial score (nSPS) is 11.4. The number of hydrogen-bond acceptors (Lipinski definition) is 35. The first-order valence-corrected chi connectivity index (χ1v) is 43.1. The number of carbonyl (C=O) groups excluding carboxylic acids is 5. The quantitative estimate of drug-likeness (QED) is 0.0138. The fraction of sp³-hybridized carbons (Fsp3) is 0.0941. The molecule has 0 unspecified atom stereocenters. The number of fused-ring (bicyclic) bond motifs is 16. The van der Waals surface area contributed by atoms with Crippen molar-refractivity contribution in [2.75, 3.05) is 0 Å². The van der Waals surface area contributed by atoms with Crippen molar-refractivity contribution in [2.45, 2.75) is 84.8 Å². The molecule has 0 fully saturated rings. The topological polar surface area (TPSA) is 572 Å². The second-order valence-electron chi connectivity index (χ2n) is 26.0. The van der Waals surface area contributed by atoms with E-state index < -0.39 is 39.7 Å². The standard InChI is InChI=1S/C20H12N4O5S.C19H12N4O6S2.C19H11N3O7S2.C19H11N3O4S.4C2H6/c21-19(25)9-3-8-4-10(20(22)26)6-13-16(8)12(5-9)17-18(13)24-15-7-11(30-29-28-27)1-2-14(15)23-17;20-19(24)9-3-8-4-11(31-28-26-21)6-13-16(8)12(5-9)17-18(13)23-15-7-10(30-29-27-25)1-2-14(15)22-17;20-19(23)9-3-8-4-11(31(25,26)27)7-13-16(8)12(5-9)17-18(13)21-14-2-1-10(30-29-28-24)6-15(14)22-17;20-19(23)10-6-9-2-1-3-12-16(9)13(7-10)18-17(12)22-15-8-11(27-26-25-24)4-5-14(15)21-18;4*1-2/h1-7,27H,(H2,21,25)(H2,22,26);1-7,25H,21H2,(H2,20,24);1-7,24H,(H2,20,23)(H,25,26,27);1-8,24H,(H2,20,23);4*1-2H3. The third kappa shape index (κ3) is 18.6. The number of hydrogen-bond donors (Lipinski definition) is 11. The first kappa shape index (κ1) is 92.1. The molecule has 4 aliphatic carbocycles. The second-order valence-corrected chi connectivity index (χ2v) is 31.3. The fourth-order valence-electron chi connectivity index (χ4n) is 14.5. The van der Waals surface area contributed by atoms with Crippen molar-refractivity contribution in [3.05, 3.63) is 204 Å². The van der Waals surface area contributed by atoms with E-state index in [0.717, 1.165) is 121 Å². The van der Waals surface area contributed by atoms with Crippen LogP contribution in [-0.2, 0) is 56.9 Å². The Balaban J connectivity index is 0.000000141. The summed E-state index contributed by atoms with van der Waals surface area (Å²) >= 11 is 4.19. The van der Waals surface area contributed by atoms with E-state index in [4.69, 9.17) is 89.8 Å². The van der Waals surface area contributed by atoms with Gasteiger partial charge in [-0.1, -0.05) is 93.7 Å². The number of amides is 5. The Hall–Kier alpha value is -12.6. The minimum Gasteiger partial charge on any atom is -0.366 e. The van der Waals surface area contributed by atoms with Gasteiger partial charge in [-0.2, -0.15) is 14.3 Å². The lowest BCUT2D eigenvalue weighted by Gasteiger charge is -2.07. The highest BCUT2D eigenvalue weighted by molar-refractivity contribution is 7.95. The molecule has 12 aromatic carbocycles. The van der Waals surface area contributed by atoms with Crippen LogP contribution in [0.15, 0.2) is 205 Å². The molecule has 0 saturated heterocycles. The molecule has 0 spiro atoms. The van der Waals surface area contributed by atoms with E-state index >= 15 is 0 Å². The van der Waals surface area contributed by atoms with Crippen LogP contribution in [0.3, 0.4) is 0 Å². The summed E-state index contributed by atoms with van der Waals surface area (Å²) in [4.78, 5) is 104. The monoisotopic (exact) mass is 1830 g/mol. The summed E-state index contributed by atoms with van der Waals surface area (Å²) in [6.45, 7) is 16.0. The molecule has 0 radical (unpaired) electrons. The van der Waals surface area contributed by atoms with Gasteiger partial charge >= 0.3 is 0 Å². The summed E-state index contributed by atoms with van der Waals surface area (Å²) in [5.41, 5.74) is 44.5. The van der Waals surface area contributed by atoms with Gasteiger partial charge in [0.1, 0.15) is 0 Å². The summed E-state index contributed by atoms with van der Waals surface area (Å²) in [5.74, 6) is 2.05. The van der Waals surface area contributed by atoms with Gasteiger partial charge in [0.2, 0.25) is 29.5 Å². The maximum Gasteiger partial charge on any atom is 0.294 e. The molecule has 36 nitrogen and oxygen atoms in total. The molecule has 20 rings (SSSR count). The molecule has 0 saturated carbocycles. The zero-order valence-corrected chi connectivity index (χ0v) is 72.3. The molecule has 4 aromatic heterocycles. The average molecular weight is 1830 g/mol. The van der Waals surface area contributed by atoms with Crippen LogP contribution in [0.5, 0.6) is 0 Å². The highest BCUT2D eigenvalue weighted by Crippen LogP contribution is 2.53. The highest BCUT2D eigenvalue weighted by Gasteiger charge is 2.33. The number of primary amides is 5. The van der Waals surface area contributed by atoms with Crippen LogP contribution in [0.4, 0.5) is 0 Å². The highest BCUT2D eigenvalue weighted by atomic mass is 32.2. The molecule has 16 aromatic rings. The van der Waals surface area contributed by atoms with Crippen LogP contribution >= 0.6 is 60.2 Å². The van der Waals surface area contributed by atoms with Crippen molar-refractivity contribution in [1.29, 1.82) is 0 Å². The Bertz CT molecular complexity index is 7270. The molecule has 4 heterocycles. The van der Waals surface area contributed by atoms with Gasteiger partial charge in [0, 0.05) is 118 Å². The number of rotatable bonds is 21. The average Bonchev–Trinajstić information content (AvgIpc) is 1.59. The van der Waals surface area contributed by atoms with Gasteiger partial charge in [0.15, 0.2) is 0 Å². The summed E-state index contributed by atoms with van der Waals surface area (Å²) < 4.78 is 55.9. The van der Waals surface area contributed by atoms with Gasteiger partial charge < -0.3 is 28.7 Å². The molecule has 5 amide bonds. The zero-order chi connectivity index (χ0) is 91.0. The van der Waals surface area contributed by atoms with E-state index in [1.807, 2.05) is 91.8 Å². The number of carbonyl (C=O) groups is 5. The molecular weight excluding hydrogens is 1760 g/mol. The molecule has 17 N–H and O–H groups in total. The molecule has 4 aliphatic rings. The third-order valence-corrected chi connectivity index (χ3v) is 22.9. The molecule has 0 atom stereocenters. The molecular formula is C85H70N14O22S6. The van der Waals surface area contributed by atoms with Crippen molar-refractivity contribution in [1.82, 2.24) is 39.9 Å². The van der Waals surface area contributed by atoms with E-state index in [9.17, 15) is 36.9 Å². The lowest BCUT2D eigenvalue weighted by atomic mass is 9.98. The van der Waals surface area contributed by atoms with Crippen LogP contribution in [-0.4, -0.2) is 103 Å². The lowest BCUT2D eigenvalue weighted by molar-refractivity contribution is -0.432. The van der Waals surface area contributed by atoms with E-state index in [0.29, 0.717) is 158 Å². The second kappa shape index (κ2) is 40.0. The van der Waals surface area contributed by atoms with Crippen LogP contribution in [0.25, 0.3) is 177 Å². The fourth-order valence-corrected chi connectivity index (χ4v) is 17.0. The Labute approximate surface area is 740 Å². The zero-order valence-electron chi connectivity index (χ0n) is 67.4. The van der Waals surface area contributed by atoms with Crippen LogP contribution in [0.1, 0.15) is 107 Å². The van der Waals surface area contributed by atoms with Crippen molar-refractivity contribution in [3.63, 3.8) is 0 Å². The SMILES string of the molecule is CC.CC.CC.CC.NC(=O)c1cc2c3c(cc(C(N)=O)cc3c1)-c1nc3cc(SOOO)ccc3nc1-2.NC(=O)c1cc2c3c(cc(S(=O)(=O)O)cc3c1)-c1nc3ccc(SOOO)cc3nc1-2.NC(=O)c1cc2c3c(cccc3c1)-c1nc3cc(SOOO)ccc3nc1-2.NOOSc1cc2c3c(cc(C(N)=O)cc3c1)-c1nc3ccc(SOOO)cc3nc1-2. The predicted molar refractivity (Wildman–Crippen MR) is 479 cm³/mol. The third-order valence-electron chi connectivity index (χ3n) is 19.2. The van der Waals surface area contributed by atoms with Crippen molar-refractivity contribution in [3.8, 4) is 90.1 Å². The molecule has 127 heavy (non-hydrogen) atoms. The van der Waals surface area contributed by atoms with Crippen molar-refractivity contribution < 1.29 is 105 Å². The summed E-state index contributed by atoms with van der Waals surface area (Å²) in [6.07, 6.45) is 0. The lowest BCUT2D eigenvalue weighted by Crippen LogP contribution is -2.12. The molecule has 648 valence electrons. The Kier molecular flexibility index (Phi) is 29.0. The Morgan fingerprint density at radius 3 is 0.827 bits per heavy atom. The van der Waals surface area contributed by atoms with Crippen LogP contribution in [0.2, 0.25) is 0 Å². The first-order chi connectivity index (χ1) is 61.5. The predicted octanol–water partition coefficient (Wildman–Crippen LogP) is 18.1. The smallest absolute Gasteiger partial charge is 0.294 e. The van der Waals surface area contributed by atoms with Crippen LogP contribution in [0, 0.1) is 0 Å². The first-order valence-electron chi connectivity index (χ1n) is 37.9. The summed E-state index contributed by atoms with van der Waals surface area (Å²) in [5, 5.41) is 54.0. The van der Waals surface area contributed by atoms with Crippen LogP contribution < -0.4 is 34.6 Å². The van der Waals surface area contributed by atoms with E-state index in [2.05, 4.69) is 52.4 Å². The van der Waals surface area contributed by atoms with Gasteiger partial charge in [0.25, 0.3) is 10.1 Å². The van der Waals surface area contributed by atoms with Gasteiger partial charge in [0.05, 0.1) is 155 Å². The van der Waals surface area contributed by atoms with E-state index in [-0.39, 0.29) is 16.0 Å². The van der Waals surface area contributed by atoms with Gasteiger partial charge in [-0.3, -0.25) is 28.5 Å². The number of nitrogens with zero attached hydrogens (tertiary/aromatic N) is 8. The number of aromatic nitrogens is 8. The largest absolute Gasteiger partial charge is 0.366 e. The van der Waals surface area contributed by atoms with Crippen molar-refractivity contribution >= 4 is 187 Å². The summed E-state index contributed by atoms with van der Waals surface area (Å²) in [7, 11) is -4.51.